The number of hydrogen-bond acceptors (Lipinski definition) is 5. The van der Waals surface area contributed by atoms with Crippen molar-refractivity contribution in [3.8, 4) is 17.2 Å². The van der Waals surface area contributed by atoms with Crippen LogP contribution in [0, 0.1) is 11.3 Å². The number of nitriles is 1. The molecule has 0 bridgehead atoms. The minimum atomic E-state index is 0.0967. The summed E-state index contributed by atoms with van der Waals surface area (Å²) in [6.45, 7) is 0.0967. The Morgan fingerprint density at radius 2 is 1.05 bits per heavy atom. The predicted octanol–water partition coefficient (Wildman–Crippen LogP) is 8.24. The zero-order chi connectivity index (χ0) is 28.2. The molecule has 6 aromatic rings. The monoisotopic (exact) mass is 581 g/mol. The van der Waals surface area contributed by atoms with Crippen LogP contribution >= 0.6 is 23.5 Å². The van der Waals surface area contributed by atoms with Gasteiger partial charge in [0, 0.05) is 31.0 Å². The lowest BCUT2D eigenvalue weighted by molar-refractivity contribution is 1.15. The van der Waals surface area contributed by atoms with E-state index in [0.717, 1.165) is 11.1 Å². The maximum atomic E-state index is 10.1. The summed E-state index contributed by atoms with van der Waals surface area (Å²) in [7, 11) is 0. The number of benzene rings is 6. The number of para-hydroxylation sites is 4. The van der Waals surface area contributed by atoms with Gasteiger partial charge < -0.3 is 9.80 Å². The zero-order valence-corrected chi connectivity index (χ0v) is 24.4. The van der Waals surface area contributed by atoms with Crippen molar-refractivity contribution in [2.24, 2.45) is 0 Å². The third-order valence-electron chi connectivity index (χ3n) is 9.05. The summed E-state index contributed by atoms with van der Waals surface area (Å²) in [5.41, 5.74) is 14.0. The molecule has 6 aromatic carbocycles. The Kier molecular flexibility index (Phi) is 4.75. The van der Waals surface area contributed by atoms with Crippen molar-refractivity contribution in [3.05, 3.63) is 127 Å². The van der Waals surface area contributed by atoms with Gasteiger partial charge in [0.2, 0.25) is 0 Å². The second-order valence-corrected chi connectivity index (χ2v) is 13.4. The van der Waals surface area contributed by atoms with Crippen LogP contribution in [0.5, 0.6) is 0 Å². The van der Waals surface area contributed by atoms with E-state index in [1.54, 1.807) is 0 Å². The predicted molar refractivity (Wildman–Crippen MR) is 179 cm³/mol. The number of anilines is 6. The highest BCUT2D eigenvalue weighted by molar-refractivity contribution is 8.00. The van der Waals surface area contributed by atoms with E-state index in [1.165, 1.54) is 70.1 Å². The molecular formula is C37H20BN3S2. The number of hydrogen-bond donors (Lipinski definition) is 0. The fourth-order valence-electron chi connectivity index (χ4n) is 7.38. The van der Waals surface area contributed by atoms with Gasteiger partial charge >= 0.3 is 0 Å². The van der Waals surface area contributed by atoms with Crippen LogP contribution < -0.4 is 26.2 Å². The van der Waals surface area contributed by atoms with Gasteiger partial charge in [0.05, 0.1) is 34.4 Å². The van der Waals surface area contributed by atoms with Crippen LogP contribution in [0.1, 0.15) is 5.56 Å². The van der Waals surface area contributed by atoms with Gasteiger partial charge in [-0.1, -0.05) is 90.3 Å². The highest BCUT2D eigenvalue weighted by Crippen LogP contribution is 2.57. The maximum absolute atomic E-state index is 10.1. The molecule has 10 rings (SSSR count). The summed E-state index contributed by atoms with van der Waals surface area (Å²) in [6.07, 6.45) is 0. The third-order valence-corrected chi connectivity index (χ3v) is 11.3. The minimum Gasteiger partial charge on any atom is -0.309 e. The van der Waals surface area contributed by atoms with Crippen LogP contribution in [0.25, 0.3) is 11.1 Å². The van der Waals surface area contributed by atoms with Crippen LogP contribution in [0.2, 0.25) is 0 Å². The molecule has 0 aromatic heterocycles. The molecule has 3 nitrogen and oxygen atoms in total. The molecule has 0 N–H and O–H groups in total. The first-order valence-electron chi connectivity index (χ1n) is 14.4. The van der Waals surface area contributed by atoms with E-state index in [2.05, 4.69) is 119 Å². The van der Waals surface area contributed by atoms with Gasteiger partial charge in [-0.25, -0.2) is 0 Å². The van der Waals surface area contributed by atoms with Crippen molar-refractivity contribution in [3.63, 3.8) is 0 Å². The Morgan fingerprint density at radius 3 is 1.63 bits per heavy atom. The largest absolute Gasteiger partial charge is 0.309 e. The van der Waals surface area contributed by atoms with Crippen LogP contribution in [-0.2, 0) is 0 Å². The van der Waals surface area contributed by atoms with Gasteiger partial charge in [-0.3, -0.25) is 0 Å². The molecule has 0 spiro atoms. The molecule has 0 saturated heterocycles. The van der Waals surface area contributed by atoms with Gasteiger partial charge in [0.15, 0.2) is 0 Å². The van der Waals surface area contributed by atoms with Gasteiger partial charge in [0.1, 0.15) is 0 Å². The average Bonchev–Trinajstić information content (AvgIpc) is 3.06. The fourth-order valence-corrected chi connectivity index (χ4v) is 9.58. The molecule has 4 aliphatic rings. The second-order valence-electron chi connectivity index (χ2n) is 11.2. The Morgan fingerprint density at radius 1 is 0.535 bits per heavy atom. The standard InChI is InChI=1S/C37H20BN3S2/c39-21-22-9-1-2-10-24(22)23-19-29-35-30(20-23)41-28-14-4-6-16-32(28)43-34-18-8-12-26(37(34)41)38(35)25-11-7-17-33-36(25)40(29)27-13-3-5-15-31(27)42-33/h1-20H. The average molecular weight is 582 g/mol. The first-order chi connectivity index (χ1) is 21.3. The minimum absolute atomic E-state index is 0.0967. The Hall–Kier alpha value is -4.83. The summed E-state index contributed by atoms with van der Waals surface area (Å²) < 4.78 is 0. The molecule has 0 aliphatic carbocycles. The van der Waals surface area contributed by atoms with E-state index >= 15 is 0 Å². The highest BCUT2D eigenvalue weighted by atomic mass is 32.2. The highest BCUT2D eigenvalue weighted by Gasteiger charge is 2.47. The van der Waals surface area contributed by atoms with Gasteiger partial charge in [-0.2, -0.15) is 5.26 Å². The van der Waals surface area contributed by atoms with E-state index in [4.69, 9.17) is 0 Å². The molecule has 0 unspecified atom stereocenters. The summed E-state index contributed by atoms with van der Waals surface area (Å²) in [6, 6.07) is 46.2. The third kappa shape index (κ3) is 3.08. The topological polar surface area (TPSA) is 30.3 Å². The van der Waals surface area contributed by atoms with Crippen LogP contribution in [0.4, 0.5) is 34.1 Å². The lowest BCUT2D eigenvalue weighted by Gasteiger charge is -2.47. The normalized spacial score (nSPS) is 14.2. The lowest BCUT2D eigenvalue weighted by Crippen LogP contribution is -2.62. The number of nitrogens with zero attached hydrogens (tertiary/aromatic N) is 3. The van der Waals surface area contributed by atoms with Crippen molar-refractivity contribution >= 4 is 80.7 Å². The fraction of sp³-hybridized carbons (Fsp3) is 0. The summed E-state index contributed by atoms with van der Waals surface area (Å²) >= 11 is 3.72. The van der Waals surface area contributed by atoms with E-state index < -0.39 is 0 Å². The summed E-state index contributed by atoms with van der Waals surface area (Å²) in [4.78, 5) is 10.0. The molecule has 0 fully saturated rings. The maximum Gasteiger partial charge on any atom is 0.252 e. The van der Waals surface area contributed by atoms with Crippen molar-refractivity contribution in [2.45, 2.75) is 19.6 Å². The molecule has 43 heavy (non-hydrogen) atoms. The summed E-state index contributed by atoms with van der Waals surface area (Å²) in [5, 5.41) is 10.1. The first-order valence-corrected chi connectivity index (χ1v) is 16.0. The molecule has 6 heteroatoms. The van der Waals surface area contributed by atoms with Crippen molar-refractivity contribution in [2.75, 3.05) is 9.80 Å². The second kappa shape index (κ2) is 8.61. The SMILES string of the molecule is N#Cc1ccccc1-c1cc2c3c(c1)N1c4ccccc4Sc4cccc(c41)B3c1cccc3c1N2c1ccccc1S3. The lowest BCUT2D eigenvalue weighted by atomic mass is 9.33. The molecule has 0 amide bonds. The molecule has 4 aliphatic heterocycles. The molecule has 4 heterocycles. The van der Waals surface area contributed by atoms with Crippen LogP contribution in [0.3, 0.4) is 0 Å². The molecule has 0 radical (unpaired) electrons. The smallest absolute Gasteiger partial charge is 0.252 e. The van der Waals surface area contributed by atoms with Gasteiger partial charge in [-0.05, 0) is 82.1 Å². The molecule has 0 saturated carbocycles. The molecule has 198 valence electrons. The van der Waals surface area contributed by atoms with Gasteiger partial charge in [0.25, 0.3) is 6.71 Å². The number of rotatable bonds is 1. The summed E-state index contributed by atoms with van der Waals surface area (Å²) in [5.74, 6) is 0. The van der Waals surface area contributed by atoms with Crippen LogP contribution in [0.15, 0.2) is 141 Å². The van der Waals surface area contributed by atoms with Crippen LogP contribution in [-0.4, -0.2) is 6.71 Å². The molecular weight excluding hydrogens is 561 g/mol. The first kappa shape index (κ1) is 23.7. The van der Waals surface area contributed by atoms with Gasteiger partial charge in [-0.15, -0.1) is 0 Å². The Labute approximate surface area is 258 Å². The van der Waals surface area contributed by atoms with E-state index in [0.29, 0.717) is 5.56 Å². The Bertz CT molecular complexity index is 2130. The quantitative estimate of drug-likeness (QED) is 0.182. The number of fused-ring (bicyclic) bond motifs is 8. The van der Waals surface area contributed by atoms with Crippen molar-refractivity contribution in [1.82, 2.24) is 0 Å². The van der Waals surface area contributed by atoms with Crippen molar-refractivity contribution < 1.29 is 0 Å². The van der Waals surface area contributed by atoms with E-state index in [9.17, 15) is 5.26 Å². The van der Waals surface area contributed by atoms with Crippen molar-refractivity contribution in [1.29, 1.82) is 5.26 Å². The van der Waals surface area contributed by atoms with E-state index in [-0.39, 0.29) is 6.71 Å². The Balaban J connectivity index is 1.38. The zero-order valence-electron chi connectivity index (χ0n) is 22.8. The van der Waals surface area contributed by atoms with E-state index in [1.807, 2.05) is 41.7 Å². The molecule has 0 atom stereocenters.